The molecular formula is C9H19NO2. The van der Waals surface area contributed by atoms with Crippen LogP contribution < -0.4 is 5.32 Å². The van der Waals surface area contributed by atoms with E-state index >= 15 is 0 Å². The SMILES string of the molecule is CCC(O)CCNC1CCOC1. The summed E-state index contributed by atoms with van der Waals surface area (Å²) in [6.45, 7) is 4.63. The van der Waals surface area contributed by atoms with Crippen molar-refractivity contribution < 1.29 is 9.84 Å². The van der Waals surface area contributed by atoms with Crippen molar-refractivity contribution in [1.82, 2.24) is 5.32 Å². The summed E-state index contributed by atoms with van der Waals surface area (Å²) in [5, 5.41) is 12.6. The van der Waals surface area contributed by atoms with Gasteiger partial charge in [-0.25, -0.2) is 0 Å². The summed E-state index contributed by atoms with van der Waals surface area (Å²) >= 11 is 0. The lowest BCUT2D eigenvalue weighted by molar-refractivity contribution is 0.156. The van der Waals surface area contributed by atoms with Crippen molar-refractivity contribution in [3.8, 4) is 0 Å². The maximum Gasteiger partial charge on any atom is 0.0620 e. The number of aliphatic hydroxyl groups excluding tert-OH is 1. The summed E-state index contributed by atoms with van der Waals surface area (Å²) in [5.41, 5.74) is 0. The largest absolute Gasteiger partial charge is 0.393 e. The van der Waals surface area contributed by atoms with Gasteiger partial charge in [0.05, 0.1) is 12.7 Å². The van der Waals surface area contributed by atoms with Gasteiger partial charge >= 0.3 is 0 Å². The molecule has 2 unspecified atom stereocenters. The van der Waals surface area contributed by atoms with Gasteiger partial charge in [0.15, 0.2) is 0 Å². The second-order valence-electron chi connectivity index (χ2n) is 3.37. The van der Waals surface area contributed by atoms with Gasteiger partial charge in [-0.05, 0) is 25.8 Å². The molecule has 0 bridgehead atoms. The highest BCUT2D eigenvalue weighted by Crippen LogP contribution is 2.03. The fourth-order valence-electron chi connectivity index (χ4n) is 1.35. The molecule has 0 aromatic rings. The van der Waals surface area contributed by atoms with E-state index < -0.39 is 0 Å². The monoisotopic (exact) mass is 173 g/mol. The highest BCUT2D eigenvalue weighted by molar-refractivity contribution is 4.71. The first-order chi connectivity index (χ1) is 5.83. The molecule has 0 amide bonds. The van der Waals surface area contributed by atoms with Crippen LogP contribution in [0.15, 0.2) is 0 Å². The molecule has 0 aliphatic carbocycles. The maximum absolute atomic E-state index is 9.26. The van der Waals surface area contributed by atoms with Gasteiger partial charge in [0.25, 0.3) is 0 Å². The van der Waals surface area contributed by atoms with Gasteiger partial charge in [0.1, 0.15) is 0 Å². The molecule has 0 aromatic heterocycles. The Kier molecular flexibility index (Phi) is 4.58. The Hall–Kier alpha value is -0.120. The molecule has 0 radical (unpaired) electrons. The normalized spacial score (nSPS) is 26.0. The van der Waals surface area contributed by atoms with Gasteiger partial charge in [-0.1, -0.05) is 6.92 Å². The van der Waals surface area contributed by atoms with E-state index in [-0.39, 0.29) is 6.10 Å². The van der Waals surface area contributed by atoms with Crippen molar-refractivity contribution in [2.24, 2.45) is 0 Å². The van der Waals surface area contributed by atoms with Gasteiger partial charge in [-0.15, -0.1) is 0 Å². The second kappa shape index (κ2) is 5.51. The quantitative estimate of drug-likeness (QED) is 0.637. The number of aliphatic hydroxyl groups is 1. The van der Waals surface area contributed by atoms with Crippen molar-refractivity contribution in [1.29, 1.82) is 0 Å². The van der Waals surface area contributed by atoms with Crippen LogP contribution in [0.2, 0.25) is 0 Å². The standard InChI is InChI=1S/C9H19NO2/c1-2-9(11)3-5-10-8-4-6-12-7-8/h8-11H,2-7H2,1H3. The first kappa shape index (κ1) is 9.96. The van der Waals surface area contributed by atoms with Crippen LogP contribution in [0, 0.1) is 0 Å². The van der Waals surface area contributed by atoms with Crippen LogP contribution in [0.1, 0.15) is 26.2 Å². The molecule has 1 heterocycles. The van der Waals surface area contributed by atoms with Gasteiger partial charge < -0.3 is 15.2 Å². The van der Waals surface area contributed by atoms with Crippen LogP contribution in [0.5, 0.6) is 0 Å². The summed E-state index contributed by atoms with van der Waals surface area (Å²) in [7, 11) is 0. The van der Waals surface area contributed by atoms with E-state index in [4.69, 9.17) is 4.74 Å². The molecule has 1 saturated heterocycles. The van der Waals surface area contributed by atoms with E-state index in [0.717, 1.165) is 39.0 Å². The molecule has 2 N–H and O–H groups in total. The fraction of sp³-hybridized carbons (Fsp3) is 1.00. The van der Waals surface area contributed by atoms with E-state index in [2.05, 4.69) is 5.32 Å². The third-order valence-electron chi connectivity index (χ3n) is 2.31. The van der Waals surface area contributed by atoms with E-state index in [1.54, 1.807) is 0 Å². The minimum Gasteiger partial charge on any atom is -0.393 e. The molecule has 0 aromatic carbocycles. The molecule has 72 valence electrons. The molecule has 1 rings (SSSR count). The van der Waals surface area contributed by atoms with Crippen molar-refractivity contribution >= 4 is 0 Å². The Morgan fingerprint density at radius 3 is 3.08 bits per heavy atom. The Balaban J connectivity index is 1.94. The Morgan fingerprint density at radius 2 is 2.50 bits per heavy atom. The highest BCUT2D eigenvalue weighted by atomic mass is 16.5. The number of nitrogens with one attached hydrogen (secondary N) is 1. The van der Waals surface area contributed by atoms with Gasteiger partial charge in [0.2, 0.25) is 0 Å². The summed E-state index contributed by atoms with van der Waals surface area (Å²) in [6.07, 6.45) is 2.68. The molecule has 1 aliphatic rings. The van der Waals surface area contributed by atoms with Crippen LogP contribution in [-0.2, 0) is 4.74 Å². The lowest BCUT2D eigenvalue weighted by Gasteiger charge is -2.12. The van der Waals surface area contributed by atoms with E-state index in [1.165, 1.54) is 0 Å². The number of rotatable bonds is 5. The fourth-order valence-corrected chi connectivity index (χ4v) is 1.35. The molecule has 3 heteroatoms. The lowest BCUT2D eigenvalue weighted by Crippen LogP contribution is -2.31. The average Bonchev–Trinajstić information content (AvgIpc) is 2.57. The first-order valence-corrected chi connectivity index (χ1v) is 4.82. The molecule has 1 fully saturated rings. The molecule has 1 aliphatic heterocycles. The van der Waals surface area contributed by atoms with Crippen molar-refractivity contribution in [2.75, 3.05) is 19.8 Å². The zero-order valence-electron chi connectivity index (χ0n) is 7.75. The summed E-state index contributed by atoms with van der Waals surface area (Å²) in [6, 6.07) is 0.522. The summed E-state index contributed by atoms with van der Waals surface area (Å²) in [4.78, 5) is 0. The molecule has 0 saturated carbocycles. The Labute approximate surface area is 74.1 Å². The van der Waals surface area contributed by atoms with Gasteiger partial charge in [0, 0.05) is 12.6 Å². The minimum absolute atomic E-state index is 0.139. The number of ether oxygens (including phenoxy) is 1. The lowest BCUT2D eigenvalue weighted by atomic mass is 10.2. The number of hydrogen-bond acceptors (Lipinski definition) is 3. The van der Waals surface area contributed by atoms with Crippen LogP contribution in [0.25, 0.3) is 0 Å². The van der Waals surface area contributed by atoms with Crippen molar-refractivity contribution in [3.05, 3.63) is 0 Å². The predicted molar refractivity (Wildman–Crippen MR) is 48.1 cm³/mol. The zero-order valence-corrected chi connectivity index (χ0v) is 7.75. The van der Waals surface area contributed by atoms with Crippen molar-refractivity contribution in [3.63, 3.8) is 0 Å². The minimum atomic E-state index is -0.139. The third kappa shape index (κ3) is 3.52. The zero-order chi connectivity index (χ0) is 8.81. The van der Waals surface area contributed by atoms with Crippen molar-refractivity contribution in [2.45, 2.75) is 38.3 Å². The Morgan fingerprint density at radius 1 is 1.67 bits per heavy atom. The molecular weight excluding hydrogens is 154 g/mol. The highest BCUT2D eigenvalue weighted by Gasteiger charge is 2.14. The molecule has 0 spiro atoms. The summed E-state index contributed by atoms with van der Waals surface area (Å²) < 4.78 is 5.22. The van der Waals surface area contributed by atoms with Gasteiger partial charge in [-0.3, -0.25) is 0 Å². The molecule has 12 heavy (non-hydrogen) atoms. The van der Waals surface area contributed by atoms with Gasteiger partial charge in [-0.2, -0.15) is 0 Å². The Bertz CT molecular complexity index is 113. The summed E-state index contributed by atoms with van der Waals surface area (Å²) in [5.74, 6) is 0. The average molecular weight is 173 g/mol. The predicted octanol–water partition coefficient (Wildman–Crippen LogP) is 0.526. The van der Waals surface area contributed by atoms with Crippen LogP contribution >= 0.6 is 0 Å². The second-order valence-corrected chi connectivity index (χ2v) is 3.37. The third-order valence-corrected chi connectivity index (χ3v) is 2.31. The molecule has 3 nitrogen and oxygen atoms in total. The topological polar surface area (TPSA) is 41.5 Å². The van der Waals surface area contributed by atoms with Crippen LogP contribution in [-0.4, -0.2) is 37.0 Å². The van der Waals surface area contributed by atoms with E-state index in [0.29, 0.717) is 6.04 Å². The van der Waals surface area contributed by atoms with Crippen LogP contribution in [0.4, 0.5) is 0 Å². The van der Waals surface area contributed by atoms with Crippen LogP contribution in [0.3, 0.4) is 0 Å². The first-order valence-electron chi connectivity index (χ1n) is 4.82. The van der Waals surface area contributed by atoms with E-state index in [1.807, 2.05) is 6.92 Å². The number of hydrogen-bond donors (Lipinski definition) is 2. The molecule has 2 atom stereocenters. The smallest absolute Gasteiger partial charge is 0.0620 e. The maximum atomic E-state index is 9.26. The van der Waals surface area contributed by atoms with E-state index in [9.17, 15) is 5.11 Å².